The Morgan fingerprint density at radius 2 is 1.56 bits per heavy atom. The second kappa shape index (κ2) is 7.84. The molecule has 0 saturated heterocycles. The van der Waals surface area contributed by atoms with Gasteiger partial charge in [-0.25, -0.2) is 0 Å². The van der Waals surface area contributed by atoms with Gasteiger partial charge >= 0.3 is 0 Å². The van der Waals surface area contributed by atoms with Crippen LogP contribution in [0.1, 0.15) is 0 Å². The van der Waals surface area contributed by atoms with Crippen LogP contribution in [0.5, 0.6) is 0 Å². The van der Waals surface area contributed by atoms with Gasteiger partial charge in [0.15, 0.2) is 0 Å². The van der Waals surface area contributed by atoms with Crippen molar-refractivity contribution in [1.82, 2.24) is 0 Å². The van der Waals surface area contributed by atoms with Crippen LogP contribution in [0.2, 0.25) is 0 Å². The Morgan fingerprint density at radius 3 is 1.67 bits per heavy atom. The molecule has 0 unspecified atom stereocenters. The maximum Gasteiger partial charge on any atom is -0.00336 e. The van der Waals surface area contributed by atoms with Gasteiger partial charge in [0.25, 0.3) is 0 Å². The molecule has 0 fully saturated rings. The minimum Gasteiger partial charge on any atom is -0.412 e. The second-order valence-electron chi connectivity index (χ2n) is 1.70. The minimum atomic E-state index is 0. The zero-order valence-electron chi connectivity index (χ0n) is 5.51. The molecule has 57 valence electrons. The van der Waals surface area contributed by atoms with Crippen molar-refractivity contribution in [1.29, 1.82) is 0 Å². The molecule has 4 heteroatoms. The van der Waals surface area contributed by atoms with Crippen LogP contribution in [-0.2, 0) is 0 Å². The molecule has 0 aliphatic rings. The third kappa shape index (κ3) is 5.72. The summed E-state index contributed by atoms with van der Waals surface area (Å²) in [6, 6.07) is 0. The van der Waals surface area contributed by atoms with Gasteiger partial charge in [0.05, 0.1) is 0 Å². The first-order valence-electron chi connectivity index (χ1n) is 2.78. The molecule has 0 aromatic heterocycles. The average molecular weight is 134 g/mol. The third-order valence-electron chi connectivity index (χ3n) is 1.07. The molecule has 1 radical (unpaired) electrons. The van der Waals surface area contributed by atoms with Gasteiger partial charge in [0, 0.05) is 0 Å². The molecule has 0 heterocycles. The smallest absolute Gasteiger partial charge is 0.00336 e. The first-order chi connectivity index (χ1) is 3.85. The summed E-state index contributed by atoms with van der Waals surface area (Å²) in [5.41, 5.74) is 15.8. The zero-order chi connectivity index (χ0) is 6.41. The highest BCUT2D eigenvalue weighted by Crippen LogP contribution is 1.92. The molecule has 0 bridgehead atoms. The van der Waals surface area contributed by atoms with Crippen LogP contribution in [0, 0.1) is 12.3 Å². The van der Waals surface area contributed by atoms with Crippen LogP contribution in [0.3, 0.4) is 0 Å². The van der Waals surface area contributed by atoms with Crippen molar-refractivity contribution in [2.75, 3.05) is 19.6 Å². The summed E-state index contributed by atoms with van der Waals surface area (Å²) in [5.74, 6) is 0.306. The van der Waals surface area contributed by atoms with Crippen LogP contribution in [0.25, 0.3) is 0 Å². The molecule has 0 rings (SSSR count). The van der Waals surface area contributed by atoms with E-state index >= 15 is 0 Å². The van der Waals surface area contributed by atoms with E-state index in [2.05, 4.69) is 0 Å². The summed E-state index contributed by atoms with van der Waals surface area (Å²) in [6.45, 7) is 1.78. The molecule has 9 heavy (non-hydrogen) atoms. The maximum atomic E-state index is 5.30. The Kier molecular flexibility index (Phi) is 10.1. The first kappa shape index (κ1) is 11.6. The monoisotopic (exact) mass is 134 g/mol. The highest BCUT2D eigenvalue weighted by molar-refractivity contribution is 4.77. The van der Waals surface area contributed by atoms with Gasteiger partial charge in [-0.15, -0.1) is 0 Å². The predicted octanol–water partition coefficient (Wildman–Crippen LogP) is -2.14. The molecular weight excluding hydrogens is 118 g/mol. The van der Waals surface area contributed by atoms with E-state index in [1.807, 2.05) is 6.42 Å². The van der Waals surface area contributed by atoms with Crippen LogP contribution in [0.4, 0.5) is 0 Å². The standard InChI is InChI=1S/C5H14N3.H2O/c6-2-1-5(3-7)4-8;/h1,5H,2-4,6-8H2;1H2. The summed E-state index contributed by atoms with van der Waals surface area (Å²) in [4.78, 5) is 0. The van der Waals surface area contributed by atoms with E-state index in [0.29, 0.717) is 25.6 Å². The topological polar surface area (TPSA) is 110 Å². The van der Waals surface area contributed by atoms with Gasteiger partial charge in [-0.3, -0.25) is 0 Å². The molecular formula is C5H16N3O. The van der Waals surface area contributed by atoms with Crippen molar-refractivity contribution < 1.29 is 5.48 Å². The summed E-state index contributed by atoms with van der Waals surface area (Å²) < 4.78 is 0. The van der Waals surface area contributed by atoms with E-state index in [9.17, 15) is 0 Å². The second-order valence-corrected chi connectivity index (χ2v) is 1.70. The predicted molar refractivity (Wildman–Crippen MR) is 38.6 cm³/mol. The maximum absolute atomic E-state index is 5.30. The van der Waals surface area contributed by atoms with Gasteiger partial charge in [0.1, 0.15) is 0 Å². The van der Waals surface area contributed by atoms with Gasteiger partial charge < -0.3 is 22.7 Å². The minimum absolute atomic E-state index is 0. The Labute approximate surface area is 55.7 Å². The Balaban J connectivity index is 0. The molecule has 0 amide bonds. The largest absolute Gasteiger partial charge is 0.412 e. The molecule has 0 saturated carbocycles. The number of rotatable bonds is 4. The molecule has 8 N–H and O–H groups in total. The van der Waals surface area contributed by atoms with E-state index in [1.54, 1.807) is 0 Å². The number of hydrogen-bond donors (Lipinski definition) is 3. The van der Waals surface area contributed by atoms with Gasteiger partial charge in [-0.05, 0) is 32.0 Å². The van der Waals surface area contributed by atoms with Gasteiger partial charge in [-0.1, -0.05) is 0 Å². The summed E-state index contributed by atoms with van der Waals surface area (Å²) in [5, 5.41) is 0. The number of nitrogens with two attached hydrogens (primary N) is 3. The summed E-state index contributed by atoms with van der Waals surface area (Å²) >= 11 is 0. The molecule has 0 aliphatic heterocycles. The fourth-order valence-electron chi connectivity index (χ4n) is 0.481. The molecule has 0 aliphatic carbocycles. The van der Waals surface area contributed by atoms with E-state index < -0.39 is 0 Å². The van der Waals surface area contributed by atoms with Gasteiger partial charge in [-0.2, -0.15) is 0 Å². The molecule has 0 atom stereocenters. The average Bonchev–Trinajstić information content (AvgIpc) is 1.83. The third-order valence-corrected chi connectivity index (χ3v) is 1.07. The van der Waals surface area contributed by atoms with Crippen molar-refractivity contribution >= 4 is 0 Å². The number of hydrogen-bond acceptors (Lipinski definition) is 3. The molecule has 0 spiro atoms. The van der Waals surface area contributed by atoms with Crippen LogP contribution in [0.15, 0.2) is 0 Å². The van der Waals surface area contributed by atoms with E-state index in [0.717, 1.165) is 0 Å². The Morgan fingerprint density at radius 1 is 1.11 bits per heavy atom. The summed E-state index contributed by atoms with van der Waals surface area (Å²) in [7, 11) is 0. The fourth-order valence-corrected chi connectivity index (χ4v) is 0.481. The lowest BCUT2D eigenvalue weighted by Crippen LogP contribution is -2.26. The van der Waals surface area contributed by atoms with Crippen LogP contribution in [-0.4, -0.2) is 25.1 Å². The van der Waals surface area contributed by atoms with Crippen molar-refractivity contribution in [2.45, 2.75) is 0 Å². The summed E-state index contributed by atoms with van der Waals surface area (Å²) in [6.07, 6.45) is 1.93. The van der Waals surface area contributed by atoms with Gasteiger partial charge in [0.2, 0.25) is 0 Å². The molecule has 0 aromatic rings. The Hall–Kier alpha value is -0.160. The highest BCUT2D eigenvalue weighted by Gasteiger charge is 2.00. The quantitative estimate of drug-likeness (QED) is 0.408. The van der Waals surface area contributed by atoms with Crippen LogP contribution < -0.4 is 17.2 Å². The lowest BCUT2D eigenvalue weighted by atomic mass is 10.1. The molecule has 0 aromatic carbocycles. The molecule has 4 nitrogen and oxygen atoms in total. The van der Waals surface area contributed by atoms with Crippen molar-refractivity contribution in [2.24, 2.45) is 23.1 Å². The normalized spacial score (nSPS) is 9.33. The lowest BCUT2D eigenvalue weighted by Gasteiger charge is -2.07. The highest BCUT2D eigenvalue weighted by atomic mass is 16.0. The van der Waals surface area contributed by atoms with Crippen LogP contribution >= 0.6 is 0 Å². The van der Waals surface area contributed by atoms with Crippen molar-refractivity contribution in [3.8, 4) is 0 Å². The SMILES string of the molecule is NC[CH]C(CN)CN.O. The van der Waals surface area contributed by atoms with Crippen molar-refractivity contribution in [3.63, 3.8) is 0 Å². The van der Waals surface area contributed by atoms with Crippen molar-refractivity contribution in [3.05, 3.63) is 6.42 Å². The first-order valence-corrected chi connectivity index (χ1v) is 2.78. The zero-order valence-corrected chi connectivity index (χ0v) is 5.51. The van der Waals surface area contributed by atoms with E-state index in [-0.39, 0.29) is 5.48 Å². The Bertz CT molecular complexity index is 47.5. The van der Waals surface area contributed by atoms with E-state index in [4.69, 9.17) is 17.2 Å². The van der Waals surface area contributed by atoms with E-state index in [1.165, 1.54) is 0 Å². The fraction of sp³-hybridized carbons (Fsp3) is 0.800. The lowest BCUT2D eigenvalue weighted by molar-refractivity contribution is 0.618.